The number of hydrogen-bond acceptors (Lipinski definition) is 3. The van der Waals surface area contributed by atoms with Crippen LogP contribution in [0.25, 0.3) is 0 Å². The first-order valence-electron chi connectivity index (χ1n) is 7.64. The zero-order chi connectivity index (χ0) is 20.6. The van der Waals surface area contributed by atoms with Crippen molar-refractivity contribution in [2.75, 3.05) is 5.32 Å². The van der Waals surface area contributed by atoms with Gasteiger partial charge in [0.2, 0.25) is 0 Å². The van der Waals surface area contributed by atoms with E-state index in [4.69, 9.17) is 34.8 Å². The summed E-state index contributed by atoms with van der Waals surface area (Å²) in [5.74, 6) is -0.890. The maximum absolute atomic E-state index is 12.8. The molecule has 2 aromatic heterocycles. The summed E-state index contributed by atoms with van der Waals surface area (Å²) < 4.78 is 40.5. The Bertz CT molecular complexity index is 1040. The minimum Gasteiger partial charge on any atom is -0.302 e. The second-order valence-corrected chi connectivity index (χ2v) is 7.00. The van der Waals surface area contributed by atoms with Gasteiger partial charge in [-0.15, -0.1) is 0 Å². The summed E-state index contributed by atoms with van der Waals surface area (Å²) >= 11 is 18.0. The van der Waals surface area contributed by atoms with Gasteiger partial charge in [0.15, 0.2) is 11.5 Å². The SMILES string of the molecule is Cn1nc(C(=O)Nc2nn(Cc3ccc(Cl)cc3Cl)cc2Cl)cc1C(F)(F)F. The van der Waals surface area contributed by atoms with Crippen molar-refractivity contribution in [2.24, 2.45) is 7.05 Å². The molecule has 1 N–H and O–H groups in total. The fourth-order valence-corrected chi connectivity index (χ4v) is 3.07. The number of halogens is 6. The Kier molecular flexibility index (Phi) is 5.60. The van der Waals surface area contributed by atoms with Crippen LogP contribution in [0.5, 0.6) is 0 Å². The number of hydrogen-bond donors (Lipinski definition) is 1. The maximum Gasteiger partial charge on any atom is 0.433 e. The van der Waals surface area contributed by atoms with Crippen LogP contribution in [-0.2, 0) is 19.8 Å². The van der Waals surface area contributed by atoms with Gasteiger partial charge in [-0.05, 0) is 17.7 Å². The third kappa shape index (κ3) is 4.43. The molecule has 1 amide bonds. The Morgan fingerprint density at radius 1 is 1.14 bits per heavy atom. The molecule has 148 valence electrons. The Morgan fingerprint density at radius 3 is 2.46 bits per heavy atom. The summed E-state index contributed by atoms with van der Waals surface area (Å²) in [6.45, 7) is 0.243. The van der Waals surface area contributed by atoms with Crippen LogP contribution in [0.1, 0.15) is 21.7 Å². The number of carbonyl (C=O) groups is 1. The zero-order valence-electron chi connectivity index (χ0n) is 14.1. The third-order valence-corrected chi connectivity index (χ3v) is 4.56. The largest absolute Gasteiger partial charge is 0.433 e. The second-order valence-electron chi connectivity index (χ2n) is 5.75. The number of amides is 1. The summed E-state index contributed by atoms with van der Waals surface area (Å²) in [6.07, 6.45) is -3.18. The molecule has 0 fully saturated rings. The lowest BCUT2D eigenvalue weighted by atomic mass is 10.2. The van der Waals surface area contributed by atoms with Crippen LogP contribution in [-0.4, -0.2) is 25.5 Å². The highest BCUT2D eigenvalue weighted by atomic mass is 35.5. The van der Waals surface area contributed by atoms with Crippen molar-refractivity contribution in [2.45, 2.75) is 12.7 Å². The second kappa shape index (κ2) is 7.65. The van der Waals surface area contributed by atoms with Crippen LogP contribution in [0.15, 0.2) is 30.5 Å². The fraction of sp³-hybridized carbons (Fsp3) is 0.188. The summed E-state index contributed by atoms with van der Waals surface area (Å²) in [4.78, 5) is 12.2. The number of rotatable bonds is 4. The van der Waals surface area contributed by atoms with Crippen molar-refractivity contribution in [3.8, 4) is 0 Å². The molecule has 0 spiro atoms. The molecule has 1 aromatic carbocycles. The van der Waals surface area contributed by atoms with Gasteiger partial charge in [0.05, 0.1) is 6.54 Å². The summed E-state index contributed by atoms with van der Waals surface area (Å²) in [6, 6.07) is 5.60. The minimum absolute atomic E-state index is 0.0176. The van der Waals surface area contributed by atoms with Gasteiger partial charge >= 0.3 is 6.18 Å². The molecule has 0 bridgehead atoms. The molecule has 0 saturated heterocycles. The molecule has 0 aliphatic heterocycles. The lowest BCUT2D eigenvalue weighted by molar-refractivity contribution is -0.143. The molecule has 0 unspecified atom stereocenters. The van der Waals surface area contributed by atoms with Crippen molar-refractivity contribution >= 4 is 46.5 Å². The van der Waals surface area contributed by atoms with Crippen LogP contribution in [0.2, 0.25) is 15.1 Å². The highest BCUT2D eigenvalue weighted by Gasteiger charge is 2.35. The summed E-state index contributed by atoms with van der Waals surface area (Å²) in [5.41, 5.74) is -0.754. The van der Waals surface area contributed by atoms with Crippen LogP contribution >= 0.6 is 34.8 Å². The quantitative estimate of drug-likeness (QED) is 0.613. The standard InChI is InChI=1S/C16H11Cl3F3N5O/c1-26-13(16(20,21)22)5-12(24-26)15(28)23-14-11(19)7-27(25-14)6-8-2-3-9(17)4-10(8)18/h2-5,7H,6H2,1H3,(H,23,25,28). The highest BCUT2D eigenvalue weighted by molar-refractivity contribution is 6.35. The van der Waals surface area contributed by atoms with E-state index < -0.39 is 23.5 Å². The number of anilines is 1. The number of carbonyl (C=O) groups excluding carboxylic acids is 1. The molecular formula is C16H11Cl3F3N5O. The van der Waals surface area contributed by atoms with Crippen LogP contribution < -0.4 is 5.32 Å². The normalized spacial score (nSPS) is 11.7. The van der Waals surface area contributed by atoms with Gasteiger partial charge in [-0.2, -0.15) is 23.4 Å². The van der Waals surface area contributed by atoms with Crippen molar-refractivity contribution in [3.63, 3.8) is 0 Å². The lowest BCUT2D eigenvalue weighted by Gasteiger charge is -2.05. The Hall–Kier alpha value is -2.23. The van der Waals surface area contributed by atoms with E-state index in [1.54, 1.807) is 18.2 Å². The average Bonchev–Trinajstić information content (AvgIpc) is 3.13. The van der Waals surface area contributed by atoms with Gasteiger partial charge in [-0.25, -0.2) is 0 Å². The number of aromatic nitrogens is 4. The molecule has 0 atom stereocenters. The molecule has 0 radical (unpaired) electrons. The van der Waals surface area contributed by atoms with Gasteiger partial charge in [0.1, 0.15) is 10.7 Å². The summed E-state index contributed by atoms with van der Waals surface area (Å²) in [5, 5.41) is 11.1. The zero-order valence-corrected chi connectivity index (χ0v) is 16.3. The van der Waals surface area contributed by atoms with Crippen LogP contribution in [0.4, 0.5) is 19.0 Å². The first-order chi connectivity index (χ1) is 13.0. The third-order valence-electron chi connectivity index (χ3n) is 3.70. The van der Waals surface area contributed by atoms with Crippen molar-refractivity contribution in [1.82, 2.24) is 19.6 Å². The van der Waals surface area contributed by atoms with Gasteiger partial charge in [-0.3, -0.25) is 14.2 Å². The van der Waals surface area contributed by atoms with E-state index in [0.717, 1.165) is 7.05 Å². The van der Waals surface area contributed by atoms with E-state index in [0.29, 0.717) is 26.4 Å². The molecule has 3 aromatic rings. The van der Waals surface area contributed by atoms with Crippen molar-refractivity contribution in [1.29, 1.82) is 0 Å². The fourth-order valence-electron chi connectivity index (χ4n) is 2.40. The number of nitrogens with zero attached hydrogens (tertiary/aromatic N) is 4. The van der Waals surface area contributed by atoms with E-state index >= 15 is 0 Å². The first-order valence-corrected chi connectivity index (χ1v) is 8.77. The smallest absolute Gasteiger partial charge is 0.302 e. The van der Waals surface area contributed by atoms with E-state index in [1.165, 1.54) is 10.9 Å². The van der Waals surface area contributed by atoms with Crippen molar-refractivity contribution < 1.29 is 18.0 Å². The van der Waals surface area contributed by atoms with Gasteiger partial charge in [0, 0.05) is 29.4 Å². The Morgan fingerprint density at radius 2 is 1.86 bits per heavy atom. The first kappa shape index (κ1) is 20.5. The monoisotopic (exact) mass is 451 g/mol. The number of nitrogens with one attached hydrogen (secondary N) is 1. The van der Waals surface area contributed by atoms with Crippen molar-refractivity contribution in [3.05, 3.63) is 62.5 Å². The maximum atomic E-state index is 12.8. The van der Waals surface area contributed by atoms with Crippen LogP contribution in [0.3, 0.4) is 0 Å². The molecule has 3 rings (SSSR count). The molecule has 12 heteroatoms. The molecule has 0 saturated carbocycles. The molecule has 6 nitrogen and oxygen atoms in total. The van der Waals surface area contributed by atoms with Gasteiger partial charge < -0.3 is 5.32 Å². The Balaban J connectivity index is 1.77. The molecule has 0 aliphatic rings. The van der Waals surface area contributed by atoms with E-state index in [2.05, 4.69) is 15.5 Å². The van der Waals surface area contributed by atoms with Gasteiger partial charge in [0.25, 0.3) is 5.91 Å². The number of benzene rings is 1. The highest BCUT2D eigenvalue weighted by Crippen LogP contribution is 2.30. The van der Waals surface area contributed by atoms with E-state index in [9.17, 15) is 18.0 Å². The number of alkyl halides is 3. The topological polar surface area (TPSA) is 64.7 Å². The molecule has 0 aliphatic carbocycles. The molecule has 28 heavy (non-hydrogen) atoms. The number of aryl methyl sites for hydroxylation is 1. The lowest BCUT2D eigenvalue weighted by Crippen LogP contribution is -2.14. The average molecular weight is 453 g/mol. The molecule has 2 heterocycles. The van der Waals surface area contributed by atoms with Gasteiger partial charge in [-0.1, -0.05) is 40.9 Å². The summed E-state index contributed by atoms with van der Waals surface area (Å²) in [7, 11) is 1.09. The van der Waals surface area contributed by atoms with E-state index in [1.807, 2.05) is 0 Å². The van der Waals surface area contributed by atoms with E-state index in [-0.39, 0.29) is 17.4 Å². The predicted octanol–water partition coefficient (Wildman–Crippen LogP) is 4.90. The minimum atomic E-state index is -4.63. The Labute approximate surface area is 171 Å². The predicted molar refractivity (Wildman–Crippen MR) is 99.0 cm³/mol. The molecular weight excluding hydrogens is 442 g/mol. The van der Waals surface area contributed by atoms with Crippen LogP contribution in [0, 0.1) is 0 Å².